The Morgan fingerprint density at radius 1 is 1.06 bits per heavy atom. The quantitative estimate of drug-likeness (QED) is 0.449. The number of aromatic nitrogens is 2. The third-order valence-corrected chi connectivity index (χ3v) is 2.94. The highest BCUT2D eigenvalue weighted by Crippen LogP contribution is 2.08. The zero-order valence-electron chi connectivity index (χ0n) is 12.8. The molecule has 0 aliphatic carbocycles. The lowest BCUT2D eigenvalue weighted by atomic mass is 10.1. The van der Waals surface area contributed by atoms with Gasteiger partial charge in [0, 0.05) is 0 Å². The normalized spacial score (nSPS) is 12.6. The van der Waals surface area contributed by atoms with E-state index in [4.69, 9.17) is 2.74 Å². The molecular formula is C14H27N2+. The maximum atomic E-state index is 7.76. The second-order valence-electron chi connectivity index (χ2n) is 4.62. The van der Waals surface area contributed by atoms with E-state index in [9.17, 15) is 0 Å². The van der Waals surface area contributed by atoms with Gasteiger partial charge in [-0.05, 0) is 12.8 Å². The van der Waals surface area contributed by atoms with Gasteiger partial charge in [-0.1, -0.05) is 45.4 Å². The largest absolute Gasteiger partial charge is 0.243 e. The van der Waals surface area contributed by atoms with Gasteiger partial charge in [-0.15, -0.1) is 0 Å². The summed E-state index contributed by atoms with van der Waals surface area (Å²) in [6.07, 6.45) is 12.9. The molecule has 0 aliphatic rings. The first kappa shape index (κ1) is 10.4. The molecule has 0 amide bonds. The van der Waals surface area contributed by atoms with Gasteiger partial charge in [0.2, 0.25) is 6.33 Å². The van der Waals surface area contributed by atoms with Crippen LogP contribution in [0, 0.1) is 0 Å². The lowest BCUT2D eigenvalue weighted by Crippen LogP contribution is -2.23. The number of aryl methyl sites for hydroxylation is 2. The Balaban J connectivity index is 2.09. The van der Waals surface area contributed by atoms with Crippen molar-refractivity contribution in [1.29, 1.82) is 0 Å². The highest BCUT2D eigenvalue weighted by molar-refractivity contribution is 4.65. The molecule has 0 N–H and O–H groups in total. The van der Waals surface area contributed by atoms with E-state index < -0.39 is 0 Å². The molecule has 0 saturated heterocycles. The first-order chi connectivity index (χ1) is 8.66. The highest BCUT2D eigenvalue weighted by Gasteiger charge is 1.98. The van der Waals surface area contributed by atoms with Gasteiger partial charge in [-0.2, -0.15) is 0 Å². The van der Waals surface area contributed by atoms with Gasteiger partial charge < -0.3 is 0 Å². The molecule has 0 aromatic carbocycles. The number of hydrogen-bond acceptors (Lipinski definition) is 0. The van der Waals surface area contributed by atoms with E-state index in [1.54, 1.807) is 4.57 Å². The van der Waals surface area contributed by atoms with Crippen molar-refractivity contribution in [2.45, 2.75) is 64.8 Å². The second kappa shape index (κ2) is 8.37. The lowest BCUT2D eigenvalue weighted by Gasteiger charge is -2.00. The SMILES string of the molecule is [2H]c1c([2H])[n+](C)cn1CCCCCCCCCC. The van der Waals surface area contributed by atoms with Crippen LogP contribution in [0.5, 0.6) is 0 Å². The molecule has 0 atom stereocenters. The van der Waals surface area contributed by atoms with Crippen molar-refractivity contribution in [3.05, 3.63) is 18.7 Å². The smallest absolute Gasteiger partial charge is 0.240 e. The zero-order valence-corrected chi connectivity index (χ0v) is 10.8. The third kappa shape index (κ3) is 5.94. The van der Waals surface area contributed by atoms with Crippen molar-refractivity contribution in [3.8, 4) is 0 Å². The van der Waals surface area contributed by atoms with Crippen molar-refractivity contribution in [2.75, 3.05) is 0 Å². The average Bonchev–Trinajstić information content (AvgIpc) is 2.60. The molecule has 16 heavy (non-hydrogen) atoms. The Kier molecular flexibility index (Phi) is 5.43. The summed E-state index contributed by atoms with van der Waals surface area (Å²) >= 11 is 0. The molecule has 1 aromatic rings. The summed E-state index contributed by atoms with van der Waals surface area (Å²) in [6.45, 7) is 3.12. The maximum Gasteiger partial charge on any atom is 0.243 e. The van der Waals surface area contributed by atoms with E-state index in [-0.39, 0.29) is 0 Å². The predicted octanol–water partition coefficient (Wildman–Crippen LogP) is 3.45. The number of rotatable bonds is 9. The van der Waals surface area contributed by atoms with Gasteiger partial charge >= 0.3 is 0 Å². The van der Waals surface area contributed by atoms with Crippen molar-refractivity contribution >= 4 is 0 Å². The third-order valence-electron chi connectivity index (χ3n) is 2.94. The van der Waals surface area contributed by atoms with Gasteiger partial charge in [-0.25, -0.2) is 9.13 Å². The van der Waals surface area contributed by atoms with E-state index in [0.717, 1.165) is 13.0 Å². The first-order valence-corrected chi connectivity index (χ1v) is 6.68. The van der Waals surface area contributed by atoms with Crippen LogP contribution in [0.25, 0.3) is 0 Å². The summed E-state index contributed by atoms with van der Waals surface area (Å²) in [5, 5.41) is 0. The van der Waals surface area contributed by atoms with Crippen LogP contribution >= 0.6 is 0 Å². The topological polar surface area (TPSA) is 8.81 Å². The fourth-order valence-electron chi connectivity index (χ4n) is 1.94. The second-order valence-corrected chi connectivity index (χ2v) is 4.62. The summed E-state index contributed by atoms with van der Waals surface area (Å²) in [5.74, 6) is 0. The van der Waals surface area contributed by atoms with Crippen molar-refractivity contribution in [3.63, 3.8) is 0 Å². The molecule has 1 rings (SSSR count). The molecule has 0 radical (unpaired) electrons. The molecule has 0 fully saturated rings. The van der Waals surface area contributed by atoms with E-state index in [1.165, 1.54) is 44.9 Å². The number of nitrogens with zero attached hydrogens (tertiary/aromatic N) is 2. The molecule has 0 unspecified atom stereocenters. The minimum absolute atomic E-state index is 0.301. The Bertz CT molecular complexity index is 348. The fraction of sp³-hybridized carbons (Fsp3) is 0.786. The fourth-order valence-corrected chi connectivity index (χ4v) is 1.94. The Hall–Kier alpha value is -0.790. The molecule has 0 spiro atoms. The summed E-state index contributed by atoms with van der Waals surface area (Å²) < 4.78 is 19.0. The molecule has 0 saturated carbocycles. The average molecular weight is 225 g/mol. The van der Waals surface area contributed by atoms with Crippen LogP contribution in [-0.4, -0.2) is 4.57 Å². The highest BCUT2D eigenvalue weighted by atomic mass is 15.1. The molecular weight excluding hydrogens is 196 g/mol. The van der Waals surface area contributed by atoms with Crippen LogP contribution in [0.1, 0.15) is 61.0 Å². The Morgan fingerprint density at radius 3 is 2.25 bits per heavy atom. The summed E-state index contributed by atoms with van der Waals surface area (Å²) in [4.78, 5) is 0. The first-order valence-electron chi connectivity index (χ1n) is 7.68. The van der Waals surface area contributed by atoms with Crippen molar-refractivity contribution in [1.82, 2.24) is 4.57 Å². The molecule has 2 heteroatoms. The van der Waals surface area contributed by atoms with Gasteiger partial charge in [0.25, 0.3) is 0 Å². The van der Waals surface area contributed by atoms with Crippen LogP contribution in [0.2, 0.25) is 0 Å². The molecule has 1 heterocycles. The van der Waals surface area contributed by atoms with Crippen molar-refractivity contribution < 1.29 is 7.31 Å². The van der Waals surface area contributed by atoms with Crippen molar-refractivity contribution in [2.24, 2.45) is 7.05 Å². The zero-order chi connectivity index (χ0) is 13.4. The molecule has 2 nitrogen and oxygen atoms in total. The van der Waals surface area contributed by atoms with Gasteiger partial charge in [0.05, 0.1) is 13.6 Å². The van der Waals surface area contributed by atoms with E-state index in [1.807, 2.05) is 17.9 Å². The summed E-state index contributed by atoms with van der Waals surface area (Å²) in [6, 6.07) is 0. The predicted molar refractivity (Wildman–Crippen MR) is 68.2 cm³/mol. The van der Waals surface area contributed by atoms with E-state index >= 15 is 0 Å². The Labute approximate surface area is 103 Å². The Morgan fingerprint density at radius 2 is 1.69 bits per heavy atom. The molecule has 92 valence electrons. The molecule has 0 bridgehead atoms. The van der Waals surface area contributed by atoms with Gasteiger partial charge in [0.15, 0.2) is 0 Å². The lowest BCUT2D eigenvalue weighted by molar-refractivity contribution is -0.671. The van der Waals surface area contributed by atoms with E-state index in [0.29, 0.717) is 12.3 Å². The summed E-state index contributed by atoms with van der Waals surface area (Å²) in [7, 11) is 1.82. The standard InChI is InChI=1S/C14H27N2/c1-3-4-5-6-7-8-9-10-11-16-13-12-15(2)14-16/h12-14H,3-11H2,1-2H3/q+1/i12D,13D. The monoisotopic (exact) mass is 225 g/mol. The van der Waals surface area contributed by atoms with Crippen LogP contribution < -0.4 is 4.57 Å². The molecule has 1 aromatic heterocycles. The number of imidazole rings is 1. The summed E-state index contributed by atoms with van der Waals surface area (Å²) in [5.41, 5.74) is 0. The van der Waals surface area contributed by atoms with Crippen LogP contribution in [0.3, 0.4) is 0 Å². The minimum atomic E-state index is 0.301. The van der Waals surface area contributed by atoms with Crippen LogP contribution in [0.15, 0.2) is 18.7 Å². The van der Waals surface area contributed by atoms with Gasteiger partial charge in [0.1, 0.15) is 15.1 Å². The molecule has 0 aliphatic heterocycles. The van der Waals surface area contributed by atoms with E-state index in [2.05, 4.69) is 6.92 Å². The van der Waals surface area contributed by atoms with Gasteiger partial charge in [-0.3, -0.25) is 0 Å². The number of unbranched alkanes of at least 4 members (excludes halogenated alkanes) is 7. The minimum Gasteiger partial charge on any atom is -0.240 e. The number of hydrogen-bond donors (Lipinski definition) is 0. The van der Waals surface area contributed by atoms with Crippen LogP contribution in [-0.2, 0) is 13.6 Å². The van der Waals surface area contributed by atoms with Crippen LogP contribution in [0.4, 0.5) is 0 Å². The maximum absolute atomic E-state index is 7.76.